The van der Waals surface area contributed by atoms with Crippen molar-refractivity contribution in [2.45, 2.75) is 20.4 Å². The number of nitrogens with zero attached hydrogens (tertiary/aromatic N) is 3. The van der Waals surface area contributed by atoms with Gasteiger partial charge in [0.2, 0.25) is 0 Å². The number of fused-ring (bicyclic) bond motifs is 1. The SMILES string of the molecule is Cc1c(C(=O)NCCn2c(C)nc3ccccc32)cccc1[N+](=O)[O-]. The van der Waals surface area contributed by atoms with E-state index in [0.717, 1.165) is 16.9 Å². The quantitative estimate of drug-likeness (QED) is 0.572. The number of nitro benzene ring substituents is 1. The van der Waals surface area contributed by atoms with Gasteiger partial charge in [-0.05, 0) is 32.0 Å². The van der Waals surface area contributed by atoms with Crippen LogP contribution in [-0.2, 0) is 6.54 Å². The van der Waals surface area contributed by atoms with Gasteiger partial charge in [0.05, 0.1) is 16.0 Å². The number of carbonyl (C=O) groups excluding carboxylic acids is 1. The van der Waals surface area contributed by atoms with Crippen LogP contribution in [0.15, 0.2) is 42.5 Å². The Balaban J connectivity index is 1.72. The minimum absolute atomic E-state index is 0.0518. The number of aromatic nitrogens is 2. The number of hydrogen-bond acceptors (Lipinski definition) is 4. The van der Waals surface area contributed by atoms with Crippen molar-refractivity contribution in [3.8, 4) is 0 Å². The Kier molecular flexibility index (Phi) is 4.47. The number of nitro groups is 1. The van der Waals surface area contributed by atoms with E-state index < -0.39 is 4.92 Å². The summed E-state index contributed by atoms with van der Waals surface area (Å²) in [4.78, 5) is 27.4. The van der Waals surface area contributed by atoms with Crippen LogP contribution in [0.4, 0.5) is 5.69 Å². The maximum atomic E-state index is 12.4. The molecule has 0 unspecified atom stereocenters. The summed E-state index contributed by atoms with van der Waals surface area (Å²) in [6.07, 6.45) is 0. The third kappa shape index (κ3) is 3.21. The second-order valence-corrected chi connectivity index (χ2v) is 5.76. The molecule has 0 bridgehead atoms. The third-order valence-electron chi connectivity index (χ3n) is 4.21. The van der Waals surface area contributed by atoms with Crippen LogP contribution in [0.25, 0.3) is 11.0 Å². The average Bonchev–Trinajstić information content (AvgIpc) is 2.90. The maximum absolute atomic E-state index is 12.4. The molecule has 0 radical (unpaired) electrons. The standard InChI is InChI=1S/C18H18N4O3/c1-12-14(6-5-9-16(12)22(24)25)18(23)19-10-11-21-13(2)20-15-7-3-4-8-17(15)21/h3-9H,10-11H2,1-2H3,(H,19,23). The van der Waals surface area contributed by atoms with Crippen LogP contribution in [0.5, 0.6) is 0 Å². The Morgan fingerprint density at radius 2 is 1.96 bits per heavy atom. The molecule has 7 heteroatoms. The van der Waals surface area contributed by atoms with Crippen LogP contribution in [0.1, 0.15) is 21.7 Å². The van der Waals surface area contributed by atoms with Crippen molar-refractivity contribution in [1.82, 2.24) is 14.9 Å². The highest BCUT2D eigenvalue weighted by Crippen LogP contribution is 2.21. The molecule has 3 aromatic rings. The number of carbonyl (C=O) groups is 1. The van der Waals surface area contributed by atoms with Gasteiger partial charge in [0.1, 0.15) is 5.82 Å². The van der Waals surface area contributed by atoms with E-state index in [1.807, 2.05) is 35.8 Å². The number of para-hydroxylation sites is 2. The van der Waals surface area contributed by atoms with Crippen molar-refractivity contribution >= 4 is 22.6 Å². The summed E-state index contributed by atoms with van der Waals surface area (Å²) < 4.78 is 2.04. The zero-order valence-corrected chi connectivity index (χ0v) is 14.0. The topological polar surface area (TPSA) is 90.1 Å². The smallest absolute Gasteiger partial charge is 0.273 e. The van der Waals surface area contributed by atoms with Crippen LogP contribution in [0, 0.1) is 24.0 Å². The Morgan fingerprint density at radius 1 is 1.20 bits per heavy atom. The summed E-state index contributed by atoms with van der Waals surface area (Å²) in [5, 5.41) is 13.8. The van der Waals surface area contributed by atoms with E-state index in [1.54, 1.807) is 13.0 Å². The molecule has 7 nitrogen and oxygen atoms in total. The molecule has 3 rings (SSSR count). The number of rotatable bonds is 5. The fourth-order valence-corrected chi connectivity index (χ4v) is 2.92. The number of benzene rings is 2. The van der Waals surface area contributed by atoms with Crippen molar-refractivity contribution in [3.05, 3.63) is 69.5 Å². The minimum Gasteiger partial charge on any atom is -0.350 e. The lowest BCUT2D eigenvalue weighted by atomic mass is 10.1. The zero-order chi connectivity index (χ0) is 18.0. The first-order valence-corrected chi connectivity index (χ1v) is 7.93. The van der Waals surface area contributed by atoms with E-state index in [0.29, 0.717) is 24.2 Å². The van der Waals surface area contributed by atoms with E-state index in [-0.39, 0.29) is 11.6 Å². The monoisotopic (exact) mass is 338 g/mol. The van der Waals surface area contributed by atoms with Crippen molar-refractivity contribution in [2.75, 3.05) is 6.54 Å². The van der Waals surface area contributed by atoms with Gasteiger partial charge in [-0.25, -0.2) is 4.98 Å². The van der Waals surface area contributed by atoms with E-state index in [2.05, 4.69) is 10.3 Å². The van der Waals surface area contributed by atoms with Gasteiger partial charge in [0.25, 0.3) is 11.6 Å². The van der Waals surface area contributed by atoms with Gasteiger partial charge in [-0.3, -0.25) is 14.9 Å². The van der Waals surface area contributed by atoms with Crippen LogP contribution in [0.3, 0.4) is 0 Å². The number of nitrogens with one attached hydrogen (secondary N) is 1. The lowest BCUT2D eigenvalue weighted by Crippen LogP contribution is -2.28. The number of aryl methyl sites for hydroxylation is 1. The molecule has 128 valence electrons. The fourth-order valence-electron chi connectivity index (χ4n) is 2.92. The van der Waals surface area contributed by atoms with Gasteiger partial charge in [0, 0.05) is 30.3 Å². The van der Waals surface area contributed by atoms with Gasteiger partial charge in [-0.15, -0.1) is 0 Å². The number of imidazole rings is 1. The first-order chi connectivity index (χ1) is 12.0. The molecule has 0 aliphatic rings. The molecule has 1 aromatic heterocycles. The second-order valence-electron chi connectivity index (χ2n) is 5.76. The predicted octanol–water partition coefficient (Wildman–Crippen LogP) is 2.99. The third-order valence-corrected chi connectivity index (χ3v) is 4.21. The van der Waals surface area contributed by atoms with Crippen molar-refractivity contribution in [2.24, 2.45) is 0 Å². The van der Waals surface area contributed by atoms with Gasteiger partial charge < -0.3 is 9.88 Å². The fraction of sp³-hybridized carbons (Fsp3) is 0.222. The summed E-state index contributed by atoms with van der Waals surface area (Å²) >= 11 is 0. The molecule has 1 N–H and O–H groups in total. The molecular formula is C18H18N4O3. The molecule has 0 aliphatic carbocycles. The van der Waals surface area contributed by atoms with E-state index in [4.69, 9.17) is 0 Å². The Labute approximate surface area is 144 Å². The second kappa shape index (κ2) is 6.72. The molecule has 1 heterocycles. The number of amides is 1. The molecule has 0 fully saturated rings. The van der Waals surface area contributed by atoms with E-state index >= 15 is 0 Å². The summed E-state index contributed by atoms with van der Waals surface area (Å²) in [5.41, 5.74) is 2.57. The highest BCUT2D eigenvalue weighted by molar-refractivity contribution is 5.96. The van der Waals surface area contributed by atoms with Crippen LogP contribution < -0.4 is 5.32 Å². The largest absolute Gasteiger partial charge is 0.350 e. The average molecular weight is 338 g/mol. The molecular weight excluding hydrogens is 320 g/mol. The first-order valence-electron chi connectivity index (χ1n) is 7.93. The normalized spacial score (nSPS) is 10.8. The van der Waals surface area contributed by atoms with Crippen LogP contribution in [0.2, 0.25) is 0 Å². The van der Waals surface area contributed by atoms with Gasteiger partial charge in [0.15, 0.2) is 0 Å². The minimum atomic E-state index is -0.479. The maximum Gasteiger partial charge on any atom is 0.273 e. The van der Waals surface area contributed by atoms with E-state index in [9.17, 15) is 14.9 Å². The van der Waals surface area contributed by atoms with Crippen molar-refractivity contribution in [3.63, 3.8) is 0 Å². The lowest BCUT2D eigenvalue weighted by Gasteiger charge is -2.10. The molecule has 1 amide bonds. The highest BCUT2D eigenvalue weighted by atomic mass is 16.6. The van der Waals surface area contributed by atoms with Crippen LogP contribution in [-0.4, -0.2) is 26.9 Å². The van der Waals surface area contributed by atoms with E-state index in [1.165, 1.54) is 12.1 Å². The van der Waals surface area contributed by atoms with Crippen molar-refractivity contribution < 1.29 is 9.72 Å². The summed E-state index contributed by atoms with van der Waals surface area (Å²) in [6.45, 7) is 4.49. The zero-order valence-electron chi connectivity index (χ0n) is 14.0. The summed E-state index contributed by atoms with van der Waals surface area (Å²) in [5.74, 6) is 0.560. The number of hydrogen-bond donors (Lipinski definition) is 1. The van der Waals surface area contributed by atoms with Gasteiger partial charge >= 0.3 is 0 Å². The molecule has 0 aliphatic heterocycles. The first kappa shape index (κ1) is 16.6. The lowest BCUT2D eigenvalue weighted by molar-refractivity contribution is -0.385. The summed E-state index contributed by atoms with van der Waals surface area (Å²) in [7, 11) is 0. The van der Waals surface area contributed by atoms with Crippen LogP contribution >= 0.6 is 0 Å². The highest BCUT2D eigenvalue weighted by Gasteiger charge is 2.17. The molecule has 0 saturated carbocycles. The Morgan fingerprint density at radius 3 is 2.72 bits per heavy atom. The predicted molar refractivity (Wildman–Crippen MR) is 94.6 cm³/mol. The summed E-state index contributed by atoms with van der Waals surface area (Å²) in [6, 6.07) is 12.3. The molecule has 0 saturated heterocycles. The van der Waals surface area contributed by atoms with Gasteiger partial charge in [-0.1, -0.05) is 18.2 Å². The van der Waals surface area contributed by atoms with Gasteiger partial charge in [-0.2, -0.15) is 0 Å². The molecule has 25 heavy (non-hydrogen) atoms. The Hall–Kier alpha value is -3.22. The molecule has 0 spiro atoms. The molecule has 0 atom stereocenters. The Bertz CT molecular complexity index is 962. The van der Waals surface area contributed by atoms with Crippen molar-refractivity contribution in [1.29, 1.82) is 0 Å². The molecule has 2 aromatic carbocycles.